The molecule has 6 heteroatoms. The van der Waals surface area contributed by atoms with E-state index in [1.165, 1.54) is 10.4 Å². The van der Waals surface area contributed by atoms with Gasteiger partial charge < -0.3 is 15.3 Å². The zero-order chi connectivity index (χ0) is 13.4. The molecule has 0 aromatic carbocycles. The minimum absolute atomic E-state index is 0.114. The molecule has 1 atom stereocenters. The van der Waals surface area contributed by atoms with Crippen LogP contribution in [0.3, 0.4) is 0 Å². The van der Waals surface area contributed by atoms with E-state index in [2.05, 4.69) is 5.32 Å². The van der Waals surface area contributed by atoms with E-state index in [1.807, 2.05) is 11.4 Å². The lowest BCUT2D eigenvalue weighted by Crippen LogP contribution is -2.50. The average molecular weight is 280 g/mol. The van der Waals surface area contributed by atoms with E-state index in [4.69, 9.17) is 5.11 Å². The number of carboxylic acids is 1. The van der Waals surface area contributed by atoms with E-state index >= 15 is 0 Å². The van der Waals surface area contributed by atoms with Gasteiger partial charge in [-0.05, 0) is 42.2 Å². The summed E-state index contributed by atoms with van der Waals surface area (Å²) in [4.78, 5) is 26.3. The number of aliphatic carboxylic acids is 1. The Bertz CT molecular complexity index is 510. The molecule has 2 aliphatic rings. The third kappa shape index (κ3) is 2.58. The molecule has 1 fully saturated rings. The normalized spacial score (nSPS) is 19.7. The minimum Gasteiger partial charge on any atom is -0.480 e. The predicted octanol–water partition coefficient (Wildman–Crippen LogP) is 1.68. The molecule has 1 aromatic heterocycles. The summed E-state index contributed by atoms with van der Waals surface area (Å²) in [7, 11) is 0. The van der Waals surface area contributed by atoms with Crippen molar-refractivity contribution in [1.29, 1.82) is 0 Å². The summed E-state index contributed by atoms with van der Waals surface area (Å²) in [5.41, 5.74) is 1.18. The monoisotopic (exact) mass is 280 g/mol. The Labute approximate surface area is 115 Å². The molecule has 0 saturated heterocycles. The molecule has 1 aromatic rings. The number of thiophene rings is 1. The van der Waals surface area contributed by atoms with Crippen molar-refractivity contribution in [3.63, 3.8) is 0 Å². The fourth-order valence-electron chi connectivity index (χ4n) is 2.46. The van der Waals surface area contributed by atoms with Crippen molar-refractivity contribution < 1.29 is 14.7 Å². The first-order valence-electron chi connectivity index (χ1n) is 6.48. The van der Waals surface area contributed by atoms with Gasteiger partial charge in [0, 0.05) is 18.0 Å². The summed E-state index contributed by atoms with van der Waals surface area (Å²) in [6, 6.07) is 1.06. The van der Waals surface area contributed by atoms with E-state index in [0.29, 0.717) is 13.1 Å². The number of hydrogen-bond acceptors (Lipinski definition) is 3. The number of carbonyl (C=O) groups excluding carboxylic acids is 1. The van der Waals surface area contributed by atoms with Crippen LogP contribution in [0.4, 0.5) is 4.79 Å². The summed E-state index contributed by atoms with van der Waals surface area (Å²) in [6.07, 6.45) is 2.65. The Morgan fingerprint density at radius 2 is 2.26 bits per heavy atom. The Balaban J connectivity index is 1.63. The smallest absolute Gasteiger partial charge is 0.326 e. The van der Waals surface area contributed by atoms with Gasteiger partial charge in [0.25, 0.3) is 0 Å². The van der Waals surface area contributed by atoms with Crippen molar-refractivity contribution in [3.8, 4) is 0 Å². The van der Waals surface area contributed by atoms with Gasteiger partial charge in [-0.1, -0.05) is 0 Å². The molecule has 2 N–H and O–H groups in total. The molecule has 0 spiro atoms. The lowest BCUT2D eigenvalue weighted by molar-refractivity contribution is -0.139. The molecule has 3 rings (SSSR count). The Morgan fingerprint density at radius 1 is 1.47 bits per heavy atom. The topological polar surface area (TPSA) is 69.6 Å². The molecule has 1 saturated carbocycles. The zero-order valence-electron chi connectivity index (χ0n) is 10.5. The van der Waals surface area contributed by atoms with E-state index in [1.54, 1.807) is 16.2 Å². The van der Waals surface area contributed by atoms with E-state index in [9.17, 15) is 9.59 Å². The number of amides is 2. The van der Waals surface area contributed by atoms with Gasteiger partial charge in [-0.25, -0.2) is 9.59 Å². The van der Waals surface area contributed by atoms with Crippen molar-refractivity contribution in [1.82, 2.24) is 10.2 Å². The van der Waals surface area contributed by atoms with Crippen LogP contribution in [0, 0.1) is 5.92 Å². The molecule has 1 aliphatic carbocycles. The molecular formula is C13H16N2O3S. The summed E-state index contributed by atoms with van der Waals surface area (Å²) in [6.45, 7) is 1.25. The van der Waals surface area contributed by atoms with E-state index < -0.39 is 12.0 Å². The van der Waals surface area contributed by atoms with Gasteiger partial charge >= 0.3 is 12.0 Å². The molecule has 5 nitrogen and oxygen atoms in total. The van der Waals surface area contributed by atoms with Crippen molar-refractivity contribution >= 4 is 23.3 Å². The van der Waals surface area contributed by atoms with Crippen molar-refractivity contribution in [2.24, 2.45) is 5.92 Å². The Kier molecular flexibility index (Phi) is 3.18. The number of nitrogens with zero attached hydrogens (tertiary/aromatic N) is 1. The Hall–Kier alpha value is -1.56. The number of hydrogen-bond donors (Lipinski definition) is 2. The van der Waals surface area contributed by atoms with Crippen LogP contribution < -0.4 is 5.32 Å². The first kappa shape index (κ1) is 12.5. The standard InChI is InChI=1S/C13H16N2O3S/c16-12(17)11(8-1-2-8)14-13(18)15-5-3-10-9(7-15)4-6-19-10/h4,6,8,11H,1-3,5,7H2,(H,14,18)(H,16,17). The molecule has 1 unspecified atom stereocenters. The van der Waals surface area contributed by atoms with Crippen LogP contribution in [0.2, 0.25) is 0 Å². The summed E-state index contributed by atoms with van der Waals surface area (Å²) in [5, 5.41) is 13.8. The number of urea groups is 1. The predicted molar refractivity (Wildman–Crippen MR) is 71.1 cm³/mol. The quantitative estimate of drug-likeness (QED) is 0.885. The van der Waals surface area contributed by atoms with Crippen LogP contribution in [0.1, 0.15) is 23.3 Å². The second-order valence-electron chi connectivity index (χ2n) is 5.14. The van der Waals surface area contributed by atoms with Crippen LogP contribution >= 0.6 is 11.3 Å². The van der Waals surface area contributed by atoms with Gasteiger partial charge in [-0.2, -0.15) is 0 Å². The van der Waals surface area contributed by atoms with Gasteiger partial charge in [0.15, 0.2) is 0 Å². The number of carboxylic acid groups (broad SMARTS) is 1. The highest BCUT2D eigenvalue weighted by Crippen LogP contribution is 2.33. The third-order valence-corrected chi connectivity index (χ3v) is 4.76. The first-order chi connectivity index (χ1) is 9.15. The lowest BCUT2D eigenvalue weighted by atomic mass is 10.1. The number of nitrogens with one attached hydrogen (secondary N) is 1. The molecule has 1 aliphatic heterocycles. The van der Waals surface area contributed by atoms with Crippen LogP contribution in [-0.2, 0) is 17.8 Å². The highest BCUT2D eigenvalue weighted by molar-refractivity contribution is 7.10. The van der Waals surface area contributed by atoms with Crippen LogP contribution in [0.25, 0.3) is 0 Å². The maximum Gasteiger partial charge on any atom is 0.326 e. The van der Waals surface area contributed by atoms with Crippen molar-refractivity contribution in [2.75, 3.05) is 6.54 Å². The largest absolute Gasteiger partial charge is 0.480 e. The highest BCUT2D eigenvalue weighted by atomic mass is 32.1. The van der Waals surface area contributed by atoms with Crippen LogP contribution in [-0.4, -0.2) is 34.6 Å². The van der Waals surface area contributed by atoms with E-state index in [0.717, 1.165) is 19.3 Å². The lowest BCUT2D eigenvalue weighted by Gasteiger charge is -2.28. The molecule has 19 heavy (non-hydrogen) atoms. The number of rotatable bonds is 3. The minimum atomic E-state index is -0.927. The first-order valence-corrected chi connectivity index (χ1v) is 7.36. The van der Waals surface area contributed by atoms with Crippen molar-refractivity contribution in [3.05, 3.63) is 21.9 Å². The molecule has 2 heterocycles. The van der Waals surface area contributed by atoms with E-state index in [-0.39, 0.29) is 11.9 Å². The second-order valence-corrected chi connectivity index (χ2v) is 6.14. The van der Waals surface area contributed by atoms with Crippen LogP contribution in [0.5, 0.6) is 0 Å². The highest BCUT2D eigenvalue weighted by Gasteiger charge is 2.38. The fourth-order valence-corrected chi connectivity index (χ4v) is 3.35. The molecule has 2 amide bonds. The van der Waals surface area contributed by atoms with Gasteiger partial charge in [0.2, 0.25) is 0 Å². The third-order valence-electron chi connectivity index (χ3n) is 3.73. The average Bonchev–Trinajstić information content (AvgIpc) is 3.11. The van der Waals surface area contributed by atoms with Gasteiger partial charge in [0.05, 0.1) is 0 Å². The molecule has 0 radical (unpaired) electrons. The SMILES string of the molecule is O=C(O)C(NC(=O)N1CCc2sccc2C1)C1CC1. The van der Waals surface area contributed by atoms with Gasteiger partial charge in [-0.15, -0.1) is 11.3 Å². The number of fused-ring (bicyclic) bond motifs is 1. The molecule has 102 valence electrons. The maximum atomic E-state index is 12.1. The summed E-state index contributed by atoms with van der Waals surface area (Å²) in [5.74, 6) is -0.813. The van der Waals surface area contributed by atoms with Gasteiger partial charge in [-0.3, -0.25) is 0 Å². The van der Waals surface area contributed by atoms with Crippen molar-refractivity contribution in [2.45, 2.75) is 31.8 Å². The zero-order valence-corrected chi connectivity index (χ0v) is 11.3. The van der Waals surface area contributed by atoms with Crippen LogP contribution in [0.15, 0.2) is 11.4 Å². The number of carbonyl (C=O) groups is 2. The maximum absolute atomic E-state index is 12.1. The van der Waals surface area contributed by atoms with Gasteiger partial charge in [0.1, 0.15) is 6.04 Å². The summed E-state index contributed by atoms with van der Waals surface area (Å²) >= 11 is 1.72. The molecular weight excluding hydrogens is 264 g/mol. The summed E-state index contributed by atoms with van der Waals surface area (Å²) < 4.78 is 0. The fraction of sp³-hybridized carbons (Fsp3) is 0.538. The molecule has 0 bridgehead atoms. The second kappa shape index (κ2) is 4.85. The Morgan fingerprint density at radius 3 is 2.95 bits per heavy atom.